The fraction of sp³-hybridized carbons (Fsp3) is 0.643. The molecule has 2 aliphatic heterocycles. The quantitative estimate of drug-likeness (QED) is 0.622. The molecule has 3 heterocycles. The summed E-state index contributed by atoms with van der Waals surface area (Å²) < 4.78 is 5.37. The Hall–Kier alpha value is -1.44. The fourth-order valence-electron chi connectivity index (χ4n) is 3.16. The highest BCUT2D eigenvalue weighted by Crippen LogP contribution is 2.33. The van der Waals surface area contributed by atoms with Gasteiger partial charge in [-0.25, -0.2) is 4.98 Å². The number of nitrogens with zero attached hydrogens (tertiary/aromatic N) is 4. The molecule has 1 aromatic rings. The first kappa shape index (κ1) is 15.5. The van der Waals surface area contributed by atoms with Crippen LogP contribution in [0.2, 0.25) is 5.02 Å². The van der Waals surface area contributed by atoms with Crippen LogP contribution >= 0.6 is 11.6 Å². The molecule has 22 heavy (non-hydrogen) atoms. The number of halogens is 1. The molecule has 0 aliphatic carbocycles. The molecule has 0 amide bonds. The van der Waals surface area contributed by atoms with Crippen LogP contribution in [0.5, 0.6) is 0 Å². The van der Waals surface area contributed by atoms with Crippen LogP contribution in [0.25, 0.3) is 0 Å². The second-order valence-electron chi connectivity index (χ2n) is 5.66. The smallest absolute Gasteiger partial charge is 0.313 e. The number of hydrogen-bond donors (Lipinski definition) is 0. The third kappa shape index (κ3) is 3.31. The highest BCUT2D eigenvalue weighted by molar-refractivity contribution is 6.30. The molecule has 0 spiro atoms. The van der Waals surface area contributed by atoms with Crippen LogP contribution in [-0.2, 0) is 4.74 Å². The lowest BCUT2D eigenvalue weighted by atomic mass is 10.2. The fourth-order valence-corrected chi connectivity index (χ4v) is 3.32. The van der Waals surface area contributed by atoms with Crippen LogP contribution in [0.3, 0.4) is 0 Å². The summed E-state index contributed by atoms with van der Waals surface area (Å²) in [7, 11) is 0. The van der Waals surface area contributed by atoms with E-state index >= 15 is 0 Å². The van der Waals surface area contributed by atoms with E-state index in [1.807, 2.05) is 0 Å². The molecule has 0 N–H and O–H groups in total. The Morgan fingerprint density at radius 3 is 2.91 bits per heavy atom. The molecule has 0 aromatic carbocycles. The summed E-state index contributed by atoms with van der Waals surface area (Å²) in [6.45, 7) is 5.04. The number of morpholine rings is 1. The lowest BCUT2D eigenvalue weighted by molar-refractivity contribution is -0.384. The summed E-state index contributed by atoms with van der Waals surface area (Å²) in [5.74, 6) is 0.435. The number of nitro groups is 1. The maximum Gasteiger partial charge on any atom is 0.313 e. The highest BCUT2D eigenvalue weighted by Gasteiger charge is 2.32. The zero-order chi connectivity index (χ0) is 15.5. The Morgan fingerprint density at radius 1 is 1.41 bits per heavy atom. The van der Waals surface area contributed by atoms with Crippen molar-refractivity contribution in [3.8, 4) is 0 Å². The van der Waals surface area contributed by atoms with Crippen LogP contribution in [0.15, 0.2) is 12.3 Å². The average molecular weight is 327 g/mol. The van der Waals surface area contributed by atoms with Gasteiger partial charge in [-0.05, 0) is 12.8 Å². The van der Waals surface area contributed by atoms with Crippen molar-refractivity contribution < 1.29 is 9.66 Å². The monoisotopic (exact) mass is 326 g/mol. The van der Waals surface area contributed by atoms with Gasteiger partial charge in [-0.3, -0.25) is 15.0 Å². The molecule has 0 unspecified atom stereocenters. The van der Waals surface area contributed by atoms with Crippen molar-refractivity contribution in [2.75, 3.05) is 44.3 Å². The number of anilines is 1. The molecule has 0 bridgehead atoms. The van der Waals surface area contributed by atoms with Crippen molar-refractivity contribution >= 4 is 23.1 Å². The van der Waals surface area contributed by atoms with Crippen molar-refractivity contribution in [2.45, 2.75) is 18.9 Å². The maximum atomic E-state index is 11.3. The number of aromatic nitrogens is 1. The molecule has 2 fully saturated rings. The lowest BCUT2D eigenvalue weighted by Crippen LogP contribution is -2.45. The van der Waals surface area contributed by atoms with E-state index in [0.717, 1.165) is 52.2 Å². The van der Waals surface area contributed by atoms with Gasteiger partial charge in [0.1, 0.15) is 0 Å². The van der Waals surface area contributed by atoms with E-state index in [-0.39, 0.29) is 11.7 Å². The van der Waals surface area contributed by atoms with Crippen molar-refractivity contribution in [2.24, 2.45) is 0 Å². The Labute approximate surface area is 134 Å². The lowest BCUT2D eigenvalue weighted by Gasteiger charge is -2.33. The summed E-state index contributed by atoms with van der Waals surface area (Å²) in [5.41, 5.74) is -0.0126. The predicted molar refractivity (Wildman–Crippen MR) is 83.5 cm³/mol. The molecular formula is C14H19ClN4O3. The molecule has 3 rings (SSSR count). The number of rotatable bonds is 4. The molecule has 8 heteroatoms. The summed E-state index contributed by atoms with van der Waals surface area (Å²) in [4.78, 5) is 19.5. The summed E-state index contributed by atoms with van der Waals surface area (Å²) >= 11 is 5.85. The number of hydrogen-bond acceptors (Lipinski definition) is 6. The second kappa shape index (κ2) is 6.76. The van der Waals surface area contributed by atoms with Gasteiger partial charge >= 0.3 is 5.69 Å². The van der Waals surface area contributed by atoms with Crippen LogP contribution in [0.1, 0.15) is 12.8 Å². The van der Waals surface area contributed by atoms with Gasteiger partial charge in [0.2, 0.25) is 5.82 Å². The van der Waals surface area contributed by atoms with Crippen molar-refractivity contribution in [1.29, 1.82) is 0 Å². The van der Waals surface area contributed by atoms with Gasteiger partial charge in [0, 0.05) is 44.5 Å². The molecule has 120 valence electrons. The van der Waals surface area contributed by atoms with E-state index in [4.69, 9.17) is 16.3 Å². The summed E-state index contributed by atoms with van der Waals surface area (Å²) in [6.07, 6.45) is 3.53. The van der Waals surface area contributed by atoms with Crippen molar-refractivity contribution in [1.82, 2.24) is 9.88 Å². The van der Waals surface area contributed by atoms with Crippen LogP contribution < -0.4 is 4.90 Å². The molecule has 2 saturated heterocycles. The van der Waals surface area contributed by atoms with Gasteiger partial charge in [-0.2, -0.15) is 0 Å². The summed E-state index contributed by atoms with van der Waals surface area (Å²) in [6, 6.07) is 1.64. The Kier molecular flexibility index (Phi) is 4.75. The van der Waals surface area contributed by atoms with Crippen LogP contribution in [-0.4, -0.2) is 60.2 Å². The minimum Gasteiger partial charge on any atom is -0.379 e. The first-order valence-electron chi connectivity index (χ1n) is 7.52. The van der Waals surface area contributed by atoms with Crippen molar-refractivity contribution in [3.63, 3.8) is 0 Å². The second-order valence-corrected chi connectivity index (χ2v) is 6.09. The topological polar surface area (TPSA) is 71.7 Å². The molecule has 0 radical (unpaired) electrons. The summed E-state index contributed by atoms with van der Waals surface area (Å²) in [5, 5.41) is 11.6. The molecule has 2 aliphatic rings. The van der Waals surface area contributed by atoms with Crippen LogP contribution in [0.4, 0.5) is 11.5 Å². The molecule has 7 nitrogen and oxygen atoms in total. The Bertz CT molecular complexity index is 551. The van der Waals surface area contributed by atoms with Gasteiger partial charge in [0.15, 0.2) is 0 Å². The number of pyridine rings is 1. The van der Waals surface area contributed by atoms with E-state index in [0.29, 0.717) is 10.8 Å². The van der Waals surface area contributed by atoms with Gasteiger partial charge in [0.25, 0.3) is 0 Å². The highest BCUT2D eigenvalue weighted by atomic mass is 35.5. The van der Waals surface area contributed by atoms with Gasteiger partial charge < -0.3 is 9.64 Å². The molecule has 0 saturated carbocycles. The van der Waals surface area contributed by atoms with Crippen LogP contribution in [0, 0.1) is 10.1 Å². The van der Waals surface area contributed by atoms with E-state index in [9.17, 15) is 10.1 Å². The van der Waals surface area contributed by atoms with E-state index in [1.54, 1.807) is 0 Å². The van der Waals surface area contributed by atoms with Gasteiger partial charge in [-0.1, -0.05) is 11.6 Å². The first-order valence-corrected chi connectivity index (χ1v) is 7.89. The van der Waals surface area contributed by atoms with E-state index in [1.165, 1.54) is 12.3 Å². The molecular weight excluding hydrogens is 308 g/mol. The van der Waals surface area contributed by atoms with E-state index in [2.05, 4.69) is 14.8 Å². The minimum atomic E-state index is -0.404. The third-order valence-electron chi connectivity index (χ3n) is 4.23. The Morgan fingerprint density at radius 2 is 2.18 bits per heavy atom. The maximum absolute atomic E-state index is 11.3. The zero-order valence-electron chi connectivity index (χ0n) is 12.3. The minimum absolute atomic E-state index is 0.0126. The normalized spacial score (nSPS) is 23.0. The first-order chi connectivity index (χ1) is 10.6. The molecule has 1 atom stereocenters. The standard InChI is InChI=1S/C14H19ClN4O3/c15-11-8-13(19(20)21)14(16-9-11)18-3-1-2-12(18)10-17-4-6-22-7-5-17/h8-9,12H,1-7,10H2/t12-/m0/s1. The van der Waals surface area contributed by atoms with Gasteiger partial charge in [0.05, 0.1) is 23.2 Å². The third-order valence-corrected chi connectivity index (χ3v) is 4.44. The molecule has 1 aromatic heterocycles. The van der Waals surface area contributed by atoms with Gasteiger partial charge in [-0.15, -0.1) is 0 Å². The van der Waals surface area contributed by atoms with Crippen molar-refractivity contribution in [3.05, 3.63) is 27.4 Å². The largest absolute Gasteiger partial charge is 0.379 e. The average Bonchev–Trinajstić information content (AvgIpc) is 2.96. The Balaban J connectivity index is 1.79. The predicted octanol–water partition coefficient (Wildman–Crippen LogP) is 1.94. The van der Waals surface area contributed by atoms with E-state index < -0.39 is 4.92 Å². The number of ether oxygens (including phenoxy) is 1. The SMILES string of the molecule is O=[N+]([O-])c1cc(Cl)cnc1N1CCC[C@H]1CN1CCOCC1. The zero-order valence-corrected chi connectivity index (χ0v) is 13.0.